The highest BCUT2D eigenvalue weighted by molar-refractivity contribution is 6.34. The average Bonchev–Trinajstić information content (AvgIpc) is 2.85. The van der Waals surface area contributed by atoms with Crippen molar-refractivity contribution in [3.05, 3.63) is 33.8 Å². The highest BCUT2D eigenvalue weighted by Gasteiger charge is 2.31. The zero-order valence-electron chi connectivity index (χ0n) is 11.8. The zero-order chi connectivity index (χ0) is 14.5. The Morgan fingerprint density at radius 1 is 1.24 bits per heavy atom. The van der Waals surface area contributed by atoms with Crippen LogP contribution in [0.1, 0.15) is 24.8 Å². The minimum Gasteiger partial charge on any atom is -0.356 e. The summed E-state index contributed by atoms with van der Waals surface area (Å²) >= 11 is 11.9. The van der Waals surface area contributed by atoms with Gasteiger partial charge in [-0.05, 0) is 55.5 Å². The molecule has 0 saturated heterocycles. The number of rotatable bonds is 5. The number of benzene rings is 1. The molecule has 1 amide bonds. The van der Waals surface area contributed by atoms with E-state index in [0.29, 0.717) is 29.1 Å². The molecule has 1 saturated carbocycles. The monoisotopic (exact) mass is 350 g/mol. The Morgan fingerprint density at radius 3 is 2.52 bits per heavy atom. The van der Waals surface area contributed by atoms with E-state index in [9.17, 15) is 4.79 Å². The van der Waals surface area contributed by atoms with E-state index in [2.05, 4.69) is 5.32 Å². The van der Waals surface area contributed by atoms with Gasteiger partial charge in [-0.3, -0.25) is 4.79 Å². The molecule has 1 aliphatic carbocycles. The summed E-state index contributed by atoms with van der Waals surface area (Å²) in [5, 5.41) is 4.24. The Balaban J connectivity index is 0.00000220. The highest BCUT2D eigenvalue weighted by Crippen LogP contribution is 2.30. The smallest absolute Gasteiger partial charge is 0.223 e. The third-order valence-corrected chi connectivity index (χ3v) is 4.37. The third kappa shape index (κ3) is 5.33. The normalized spacial score (nSPS) is 20.9. The lowest BCUT2D eigenvalue weighted by Crippen LogP contribution is -2.36. The second kappa shape index (κ2) is 8.84. The van der Waals surface area contributed by atoms with Crippen LogP contribution < -0.4 is 11.1 Å². The molecule has 1 fully saturated rings. The Bertz CT molecular complexity index is 462. The number of hydrogen-bond donors (Lipinski definition) is 2. The Morgan fingerprint density at radius 2 is 1.90 bits per heavy atom. The number of hydrogen-bond acceptors (Lipinski definition) is 2. The molecule has 1 aromatic carbocycles. The van der Waals surface area contributed by atoms with E-state index in [1.165, 1.54) is 0 Å². The second-order valence-electron chi connectivity index (χ2n) is 5.35. The fourth-order valence-electron chi connectivity index (χ4n) is 2.88. The maximum Gasteiger partial charge on any atom is 0.223 e. The van der Waals surface area contributed by atoms with Crippen LogP contribution in [-0.4, -0.2) is 19.0 Å². The van der Waals surface area contributed by atoms with E-state index >= 15 is 0 Å². The van der Waals surface area contributed by atoms with Crippen molar-refractivity contribution in [1.29, 1.82) is 0 Å². The van der Waals surface area contributed by atoms with E-state index in [1.54, 1.807) is 6.07 Å². The standard InChI is InChI=1S/C15H20Cl2N2O.ClH/c16-12-6-10(7-13(17)8-12)4-5-19-15(20)14-3-1-2-11(14)9-18;/h6-8,11,14H,1-5,9,18H2,(H,19,20);1H/t11-,14-;/m1./s1. The van der Waals surface area contributed by atoms with Gasteiger partial charge in [-0.15, -0.1) is 12.4 Å². The summed E-state index contributed by atoms with van der Waals surface area (Å²) in [4.78, 5) is 12.1. The van der Waals surface area contributed by atoms with Gasteiger partial charge in [0.15, 0.2) is 0 Å². The first-order chi connectivity index (χ1) is 9.60. The quantitative estimate of drug-likeness (QED) is 0.853. The van der Waals surface area contributed by atoms with Gasteiger partial charge in [-0.25, -0.2) is 0 Å². The van der Waals surface area contributed by atoms with E-state index in [1.807, 2.05) is 12.1 Å². The summed E-state index contributed by atoms with van der Waals surface area (Å²) in [6.45, 7) is 1.20. The van der Waals surface area contributed by atoms with Crippen molar-refractivity contribution in [2.45, 2.75) is 25.7 Å². The summed E-state index contributed by atoms with van der Waals surface area (Å²) in [6, 6.07) is 5.45. The van der Waals surface area contributed by atoms with Crippen LogP contribution in [0.2, 0.25) is 10.0 Å². The molecule has 0 bridgehead atoms. The van der Waals surface area contributed by atoms with Crippen molar-refractivity contribution in [2.24, 2.45) is 17.6 Å². The van der Waals surface area contributed by atoms with Gasteiger partial charge in [-0.2, -0.15) is 0 Å². The highest BCUT2D eigenvalue weighted by atomic mass is 35.5. The van der Waals surface area contributed by atoms with Gasteiger partial charge in [0.25, 0.3) is 0 Å². The van der Waals surface area contributed by atoms with Gasteiger partial charge in [0.2, 0.25) is 5.91 Å². The number of amides is 1. The molecule has 1 aliphatic rings. The van der Waals surface area contributed by atoms with Gasteiger partial charge in [0, 0.05) is 22.5 Å². The SMILES string of the molecule is Cl.NC[C@H]1CCC[C@H]1C(=O)NCCc1cc(Cl)cc(Cl)c1. The van der Waals surface area contributed by atoms with Gasteiger partial charge in [-0.1, -0.05) is 29.6 Å². The van der Waals surface area contributed by atoms with E-state index in [4.69, 9.17) is 28.9 Å². The van der Waals surface area contributed by atoms with Crippen molar-refractivity contribution < 1.29 is 4.79 Å². The minimum absolute atomic E-state index is 0. The van der Waals surface area contributed by atoms with Gasteiger partial charge >= 0.3 is 0 Å². The van der Waals surface area contributed by atoms with E-state index < -0.39 is 0 Å². The number of halogens is 3. The summed E-state index contributed by atoms with van der Waals surface area (Å²) in [5.41, 5.74) is 6.74. The Hall–Kier alpha value is -0.480. The molecule has 0 heterocycles. The van der Waals surface area contributed by atoms with Crippen LogP contribution in [0.25, 0.3) is 0 Å². The molecule has 118 valence electrons. The number of carbonyl (C=O) groups is 1. The molecule has 2 atom stereocenters. The number of carbonyl (C=O) groups excluding carboxylic acids is 1. The third-order valence-electron chi connectivity index (χ3n) is 3.93. The largest absolute Gasteiger partial charge is 0.356 e. The molecule has 0 aromatic heterocycles. The average molecular weight is 352 g/mol. The molecule has 1 aromatic rings. The van der Waals surface area contributed by atoms with Crippen LogP contribution in [0.15, 0.2) is 18.2 Å². The fourth-order valence-corrected chi connectivity index (χ4v) is 3.45. The minimum atomic E-state index is 0. The van der Waals surface area contributed by atoms with Crippen LogP contribution in [0.5, 0.6) is 0 Å². The van der Waals surface area contributed by atoms with E-state index in [-0.39, 0.29) is 24.2 Å². The summed E-state index contributed by atoms with van der Waals surface area (Å²) in [5.74, 6) is 0.560. The maximum atomic E-state index is 12.1. The van der Waals surface area contributed by atoms with Crippen LogP contribution >= 0.6 is 35.6 Å². The summed E-state index contributed by atoms with van der Waals surface area (Å²) in [6.07, 6.45) is 3.85. The zero-order valence-corrected chi connectivity index (χ0v) is 14.1. The van der Waals surface area contributed by atoms with Crippen molar-refractivity contribution in [3.8, 4) is 0 Å². The maximum absolute atomic E-state index is 12.1. The predicted octanol–water partition coefficient (Wildman–Crippen LogP) is 3.45. The lowest BCUT2D eigenvalue weighted by Gasteiger charge is -2.17. The van der Waals surface area contributed by atoms with Crippen molar-refractivity contribution >= 4 is 41.5 Å². The predicted molar refractivity (Wildman–Crippen MR) is 90.3 cm³/mol. The number of nitrogens with two attached hydrogens (primary N) is 1. The van der Waals surface area contributed by atoms with Crippen LogP contribution in [0.4, 0.5) is 0 Å². The molecule has 3 N–H and O–H groups in total. The molecule has 0 spiro atoms. The molecule has 0 radical (unpaired) electrons. The molecule has 6 heteroatoms. The lowest BCUT2D eigenvalue weighted by molar-refractivity contribution is -0.125. The first-order valence-electron chi connectivity index (χ1n) is 7.03. The second-order valence-corrected chi connectivity index (χ2v) is 6.22. The van der Waals surface area contributed by atoms with Crippen LogP contribution in [-0.2, 0) is 11.2 Å². The van der Waals surface area contributed by atoms with Crippen LogP contribution in [0.3, 0.4) is 0 Å². The van der Waals surface area contributed by atoms with Crippen molar-refractivity contribution in [1.82, 2.24) is 5.32 Å². The Labute approximate surface area is 142 Å². The molecule has 0 aliphatic heterocycles. The van der Waals surface area contributed by atoms with Crippen LogP contribution in [0, 0.1) is 11.8 Å². The Kier molecular flexibility index (Phi) is 7.82. The molecule has 21 heavy (non-hydrogen) atoms. The van der Waals surface area contributed by atoms with Gasteiger partial charge in [0.05, 0.1) is 0 Å². The lowest BCUT2D eigenvalue weighted by atomic mass is 9.95. The summed E-state index contributed by atoms with van der Waals surface area (Å²) in [7, 11) is 0. The van der Waals surface area contributed by atoms with Gasteiger partial charge < -0.3 is 11.1 Å². The molecule has 2 rings (SSSR count). The fraction of sp³-hybridized carbons (Fsp3) is 0.533. The van der Waals surface area contributed by atoms with Gasteiger partial charge in [0.1, 0.15) is 0 Å². The molecular formula is C15H21Cl3N2O. The molecule has 3 nitrogen and oxygen atoms in total. The topological polar surface area (TPSA) is 55.1 Å². The van der Waals surface area contributed by atoms with Crippen molar-refractivity contribution in [2.75, 3.05) is 13.1 Å². The number of nitrogens with one attached hydrogen (secondary N) is 1. The van der Waals surface area contributed by atoms with Crippen molar-refractivity contribution in [3.63, 3.8) is 0 Å². The first-order valence-corrected chi connectivity index (χ1v) is 7.78. The van der Waals surface area contributed by atoms with E-state index in [0.717, 1.165) is 31.2 Å². The molecule has 0 unspecified atom stereocenters. The first kappa shape index (κ1) is 18.6. The molecular weight excluding hydrogens is 331 g/mol. The summed E-state index contributed by atoms with van der Waals surface area (Å²) < 4.78 is 0.